The SMILES string of the molecule is CCC(CC)C(=O)N(CC(C)C(=O)O)c1cc(C)cc(C)c1. The minimum absolute atomic E-state index is 0.0168. The average molecular weight is 305 g/mol. The maximum absolute atomic E-state index is 12.8. The Morgan fingerprint density at radius 3 is 2.00 bits per heavy atom. The fraction of sp³-hybridized carbons (Fsp3) is 0.556. The Balaban J connectivity index is 3.20. The highest BCUT2D eigenvalue weighted by molar-refractivity contribution is 5.95. The van der Waals surface area contributed by atoms with Crippen LogP contribution < -0.4 is 4.90 Å². The molecule has 0 aromatic heterocycles. The van der Waals surface area contributed by atoms with Gasteiger partial charge in [0.2, 0.25) is 5.91 Å². The van der Waals surface area contributed by atoms with E-state index in [0.717, 1.165) is 29.7 Å². The Labute approximate surface area is 133 Å². The number of carboxylic acid groups (broad SMARTS) is 1. The van der Waals surface area contributed by atoms with Gasteiger partial charge in [0.1, 0.15) is 0 Å². The van der Waals surface area contributed by atoms with Crippen LogP contribution in [0, 0.1) is 25.7 Å². The third-order valence-corrected chi connectivity index (χ3v) is 4.00. The number of aryl methyl sites for hydroxylation is 2. The van der Waals surface area contributed by atoms with Crippen molar-refractivity contribution in [2.45, 2.75) is 47.5 Å². The van der Waals surface area contributed by atoms with E-state index >= 15 is 0 Å². The van der Waals surface area contributed by atoms with Crippen LogP contribution in [0.5, 0.6) is 0 Å². The zero-order valence-electron chi connectivity index (χ0n) is 14.2. The second-order valence-electron chi connectivity index (χ2n) is 6.05. The molecule has 0 fully saturated rings. The van der Waals surface area contributed by atoms with Gasteiger partial charge in [-0.05, 0) is 49.9 Å². The third kappa shape index (κ3) is 4.58. The molecular formula is C18H27NO3. The van der Waals surface area contributed by atoms with E-state index in [9.17, 15) is 14.7 Å². The number of carbonyl (C=O) groups excluding carboxylic acids is 1. The van der Waals surface area contributed by atoms with Crippen LogP contribution >= 0.6 is 0 Å². The number of anilines is 1. The molecule has 0 bridgehead atoms. The fourth-order valence-electron chi connectivity index (χ4n) is 2.64. The van der Waals surface area contributed by atoms with E-state index in [0.29, 0.717) is 0 Å². The second kappa shape index (κ2) is 7.97. The van der Waals surface area contributed by atoms with Gasteiger partial charge in [-0.25, -0.2) is 0 Å². The van der Waals surface area contributed by atoms with E-state index in [4.69, 9.17) is 0 Å². The van der Waals surface area contributed by atoms with E-state index in [1.54, 1.807) is 11.8 Å². The molecule has 1 amide bonds. The van der Waals surface area contributed by atoms with Crippen molar-refractivity contribution < 1.29 is 14.7 Å². The monoisotopic (exact) mass is 305 g/mol. The van der Waals surface area contributed by atoms with Crippen LogP contribution in [0.3, 0.4) is 0 Å². The summed E-state index contributed by atoms with van der Waals surface area (Å²) in [6.07, 6.45) is 1.52. The van der Waals surface area contributed by atoms with Gasteiger partial charge in [0, 0.05) is 18.2 Å². The van der Waals surface area contributed by atoms with Gasteiger partial charge in [0.05, 0.1) is 5.92 Å². The number of carbonyl (C=O) groups is 2. The first-order valence-corrected chi connectivity index (χ1v) is 7.92. The number of benzene rings is 1. The normalized spacial score (nSPS) is 12.3. The molecule has 4 nitrogen and oxygen atoms in total. The Kier molecular flexibility index (Phi) is 6.60. The average Bonchev–Trinajstić information content (AvgIpc) is 2.44. The Morgan fingerprint density at radius 2 is 1.59 bits per heavy atom. The van der Waals surface area contributed by atoms with E-state index < -0.39 is 11.9 Å². The third-order valence-electron chi connectivity index (χ3n) is 4.00. The molecule has 1 unspecified atom stereocenters. The van der Waals surface area contributed by atoms with E-state index in [1.807, 2.05) is 45.9 Å². The van der Waals surface area contributed by atoms with E-state index in [1.165, 1.54) is 0 Å². The lowest BCUT2D eigenvalue weighted by Gasteiger charge is -2.28. The summed E-state index contributed by atoms with van der Waals surface area (Å²) in [5.41, 5.74) is 2.93. The molecule has 1 N–H and O–H groups in total. The van der Waals surface area contributed by atoms with Crippen LogP contribution in [-0.4, -0.2) is 23.5 Å². The molecule has 0 radical (unpaired) electrons. The first kappa shape index (κ1) is 18.2. The topological polar surface area (TPSA) is 57.6 Å². The maximum atomic E-state index is 12.8. The van der Waals surface area contributed by atoms with Gasteiger partial charge in [-0.1, -0.05) is 26.8 Å². The van der Waals surface area contributed by atoms with E-state index in [-0.39, 0.29) is 18.4 Å². The van der Waals surface area contributed by atoms with Gasteiger partial charge in [0.25, 0.3) is 0 Å². The van der Waals surface area contributed by atoms with Crippen molar-refractivity contribution >= 4 is 17.6 Å². The molecule has 0 saturated carbocycles. The van der Waals surface area contributed by atoms with Crippen LogP contribution in [0.1, 0.15) is 44.7 Å². The van der Waals surface area contributed by atoms with Crippen LogP contribution in [-0.2, 0) is 9.59 Å². The molecule has 0 aliphatic carbocycles. The summed E-state index contributed by atoms with van der Waals surface area (Å²) >= 11 is 0. The molecule has 0 aliphatic heterocycles. The quantitative estimate of drug-likeness (QED) is 0.833. The highest BCUT2D eigenvalue weighted by atomic mass is 16.4. The first-order chi connectivity index (χ1) is 10.3. The highest BCUT2D eigenvalue weighted by Crippen LogP contribution is 2.24. The molecule has 4 heteroatoms. The minimum Gasteiger partial charge on any atom is -0.481 e. The summed E-state index contributed by atoms with van der Waals surface area (Å²) in [5.74, 6) is -1.53. The predicted molar refractivity (Wildman–Crippen MR) is 89.1 cm³/mol. The standard InChI is InChI=1S/C18H27NO3/c1-6-15(7-2)17(20)19(11-14(5)18(21)22)16-9-12(3)8-13(4)10-16/h8-10,14-15H,6-7,11H2,1-5H3,(H,21,22). The lowest BCUT2D eigenvalue weighted by Crippen LogP contribution is -2.40. The Hall–Kier alpha value is -1.84. The number of nitrogens with zero attached hydrogens (tertiary/aromatic N) is 1. The van der Waals surface area contributed by atoms with Crippen molar-refractivity contribution in [3.05, 3.63) is 29.3 Å². The van der Waals surface area contributed by atoms with Gasteiger partial charge < -0.3 is 10.0 Å². The molecule has 0 heterocycles. The van der Waals surface area contributed by atoms with Crippen LogP contribution in [0.15, 0.2) is 18.2 Å². The molecule has 122 valence electrons. The fourth-order valence-corrected chi connectivity index (χ4v) is 2.64. The maximum Gasteiger partial charge on any atom is 0.308 e. The second-order valence-corrected chi connectivity index (χ2v) is 6.05. The number of carboxylic acids is 1. The lowest BCUT2D eigenvalue weighted by atomic mass is 9.99. The van der Waals surface area contributed by atoms with Gasteiger partial charge in [-0.2, -0.15) is 0 Å². The van der Waals surface area contributed by atoms with E-state index in [2.05, 4.69) is 0 Å². The number of hydrogen-bond donors (Lipinski definition) is 1. The predicted octanol–water partition coefficient (Wildman–Crippen LogP) is 3.79. The van der Waals surface area contributed by atoms with Crippen LogP contribution in [0.25, 0.3) is 0 Å². The van der Waals surface area contributed by atoms with Crippen molar-refractivity contribution in [2.24, 2.45) is 11.8 Å². The largest absolute Gasteiger partial charge is 0.481 e. The Bertz CT molecular complexity index is 515. The van der Waals surface area contributed by atoms with Gasteiger partial charge in [0.15, 0.2) is 0 Å². The van der Waals surface area contributed by atoms with Crippen LogP contribution in [0.2, 0.25) is 0 Å². The van der Waals surface area contributed by atoms with Gasteiger partial charge in [-0.3, -0.25) is 9.59 Å². The molecule has 22 heavy (non-hydrogen) atoms. The summed E-state index contributed by atoms with van der Waals surface area (Å²) < 4.78 is 0. The van der Waals surface area contributed by atoms with Crippen molar-refractivity contribution in [1.29, 1.82) is 0 Å². The van der Waals surface area contributed by atoms with Crippen molar-refractivity contribution in [2.75, 3.05) is 11.4 Å². The van der Waals surface area contributed by atoms with Gasteiger partial charge >= 0.3 is 5.97 Å². The minimum atomic E-state index is -0.883. The molecule has 0 aliphatic rings. The molecule has 1 atom stereocenters. The summed E-state index contributed by atoms with van der Waals surface area (Å²) in [4.78, 5) is 25.7. The molecule has 1 rings (SSSR count). The number of amides is 1. The zero-order chi connectivity index (χ0) is 16.9. The van der Waals surface area contributed by atoms with Crippen LogP contribution in [0.4, 0.5) is 5.69 Å². The summed E-state index contributed by atoms with van der Waals surface area (Å²) in [7, 11) is 0. The highest BCUT2D eigenvalue weighted by Gasteiger charge is 2.26. The lowest BCUT2D eigenvalue weighted by molar-refractivity contribution is -0.140. The summed E-state index contributed by atoms with van der Waals surface area (Å²) in [5, 5.41) is 9.18. The smallest absolute Gasteiger partial charge is 0.308 e. The van der Waals surface area contributed by atoms with Gasteiger partial charge in [-0.15, -0.1) is 0 Å². The number of hydrogen-bond acceptors (Lipinski definition) is 2. The first-order valence-electron chi connectivity index (χ1n) is 7.92. The summed E-state index contributed by atoms with van der Waals surface area (Å²) in [6, 6.07) is 5.94. The molecule has 1 aromatic rings. The number of aliphatic carboxylic acids is 1. The Morgan fingerprint density at radius 1 is 1.09 bits per heavy atom. The van der Waals surface area contributed by atoms with Crippen molar-refractivity contribution in [3.63, 3.8) is 0 Å². The van der Waals surface area contributed by atoms with Crippen molar-refractivity contribution in [1.82, 2.24) is 0 Å². The molecule has 0 spiro atoms. The molecule has 1 aromatic carbocycles. The zero-order valence-corrected chi connectivity index (χ0v) is 14.2. The van der Waals surface area contributed by atoms with Crippen molar-refractivity contribution in [3.8, 4) is 0 Å². The summed E-state index contributed by atoms with van der Waals surface area (Å²) in [6.45, 7) is 9.79. The number of rotatable bonds is 7. The molecule has 0 saturated heterocycles. The molecular weight excluding hydrogens is 278 g/mol.